The third-order valence-electron chi connectivity index (χ3n) is 2.63. The Morgan fingerprint density at radius 3 is 2.43 bits per heavy atom. The smallest absolute Gasteiger partial charge is 0.255 e. The molecule has 2 N–H and O–H groups in total. The third kappa shape index (κ3) is 5.91. The third-order valence-corrected chi connectivity index (χ3v) is 2.94. The van der Waals surface area contributed by atoms with Gasteiger partial charge in [0.15, 0.2) is 0 Å². The lowest BCUT2D eigenvalue weighted by Gasteiger charge is -2.08. The molecule has 0 aliphatic heterocycles. The van der Waals surface area contributed by atoms with Crippen molar-refractivity contribution in [3.05, 3.63) is 34.6 Å². The van der Waals surface area contributed by atoms with Crippen molar-refractivity contribution >= 4 is 29.2 Å². The Labute approximate surface area is 126 Å². The molecule has 0 saturated carbocycles. The molecule has 114 valence electrons. The highest BCUT2D eigenvalue weighted by Gasteiger charge is 2.14. The molecule has 0 radical (unpaired) electrons. The molecule has 1 rings (SSSR count). The van der Waals surface area contributed by atoms with Crippen LogP contribution in [0.4, 0.5) is 4.39 Å². The predicted molar refractivity (Wildman–Crippen MR) is 76.7 cm³/mol. The van der Waals surface area contributed by atoms with E-state index in [4.69, 9.17) is 11.6 Å². The number of hydrogen-bond donors (Lipinski definition) is 2. The lowest BCUT2D eigenvalue weighted by molar-refractivity contribution is -0.124. The van der Waals surface area contributed by atoms with Gasteiger partial charge in [-0.1, -0.05) is 17.7 Å². The first kappa shape index (κ1) is 17.1. The van der Waals surface area contributed by atoms with Gasteiger partial charge in [0.05, 0.1) is 10.6 Å². The van der Waals surface area contributed by atoms with Gasteiger partial charge in [-0.3, -0.25) is 9.59 Å². The van der Waals surface area contributed by atoms with Crippen LogP contribution < -0.4 is 10.6 Å². The van der Waals surface area contributed by atoms with Gasteiger partial charge >= 0.3 is 0 Å². The molecule has 0 aliphatic rings. The number of amides is 2. The summed E-state index contributed by atoms with van der Waals surface area (Å²) in [6.07, 6.45) is 0.297. The number of nitrogens with one attached hydrogen (secondary N) is 2. The molecule has 0 aliphatic carbocycles. The van der Waals surface area contributed by atoms with Crippen molar-refractivity contribution in [2.24, 2.45) is 0 Å². The normalized spacial score (nSPS) is 10.0. The predicted octanol–water partition coefficient (Wildman–Crippen LogP) is 1.69. The Morgan fingerprint density at radius 1 is 1.14 bits per heavy atom. The van der Waals surface area contributed by atoms with Gasteiger partial charge in [0.2, 0.25) is 5.91 Å². The van der Waals surface area contributed by atoms with Crippen LogP contribution in [0.1, 0.15) is 30.1 Å². The van der Waals surface area contributed by atoms with Crippen LogP contribution in [0.25, 0.3) is 0 Å². The molecule has 5 nitrogen and oxygen atoms in total. The summed E-state index contributed by atoms with van der Waals surface area (Å²) in [5.41, 5.74) is -0.220. The van der Waals surface area contributed by atoms with Crippen LogP contribution >= 0.6 is 11.6 Å². The fourth-order valence-electron chi connectivity index (χ4n) is 1.56. The first-order valence-corrected chi connectivity index (χ1v) is 6.78. The number of benzene rings is 1. The van der Waals surface area contributed by atoms with Crippen LogP contribution in [-0.2, 0) is 9.59 Å². The van der Waals surface area contributed by atoms with Crippen molar-refractivity contribution < 1.29 is 18.8 Å². The fourth-order valence-corrected chi connectivity index (χ4v) is 1.81. The zero-order valence-electron chi connectivity index (χ0n) is 11.5. The summed E-state index contributed by atoms with van der Waals surface area (Å²) in [7, 11) is 0. The van der Waals surface area contributed by atoms with Crippen molar-refractivity contribution in [3.63, 3.8) is 0 Å². The molecule has 0 spiro atoms. The zero-order chi connectivity index (χ0) is 15.8. The lowest BCUT2D eigenvalue weighted by atomic mass is 10.2. The first-order valence-electron chi connectivity index (χ1n) is 6.40. The van der Waals surface area contributed by atoms with Gasteiger partial charge in [-0.25, -0.2) is 4.39 Å². The average molecular weight is 315 g/mol. The summed E-state index contributed by atoms with van der Waals surface area (Å²) in [5, 5.41) is 5.02. The van der Waals surface area contributed by atoms with Crippen LogP contribution in [0.15, 0.2) is 18.2 Å². The van der Waals surface area contributed by atoms with E-state index in [2.05, 4.69) is 10.6 Å². The van der Waals surface area contributed by atoms with E-state index in [-0.39, 0.29) is 48.2 Å². The maximum absolute atomic E-state index is 13.5. The van der Waals surface area contributed by atoms with E-state index >= 15 is 0 Å². The Hall–Kier alpha value is -1.95. The van der Waals surface area contributed by atoms with Crippen LogP contribution in [0, 0.1) is 5.82 Å². The van der Waals surface area contributed by atoms with E-state index in [0.29, 0.717) is 0 Å². The number of rotatable bonds is 7. The molecule has 1 aromatic rings. The topological polar surface area (TPSA) is 75.3 Å². The second kappa shape index (κ2) is 8.36. The van der Waals surface area contributed by atoms with E-state index in [1.54, 1.807) is 0 Å². The molecular formula is C14H16ClFN2O3. The Kier molecular flexibility index (Phi) is 6.81. The van der Waals surface area contributed by atoms with Gasteiger partial charge in [0.1, 0.15) is 11.6 Å². The minimum Gasteiger partial charge on any atom is -0.354 e. The van der Waals surface area contributed by atoms with E-state index in [1.807, 2.05) is 0 Å². The summed E-state index contributed by atoms with van der Waals surface area (Å²) in [6, 6.07) is 3.97. The fraction of sp³-hybridized carbons (Fsp3) is 0.357. The number of halogens is 2. The largest absolute Gasteiger partial charge is 0.354 e. The summed E-state index contributed by atoms with van der Waals surface area (Å²) in [6.45, 7) is 1.73. The molecule has 0 unspecified atom stereocenters. The molecule has 0 saturated heterocycles. The summed E-state index contributed by atoms with van der Waals surface area (Å²) in [5.74, 6) is -1.68. The van der Waals surface area contributed by atoms with Crippen LogP contribution in [0.3, 0.4) is 0 Å². The van der Waals surface area contributed by atoms with Gasteiger partial charge in [-0.2, -0.15) is 0 Å². The molecular weight excluding hydrogens is 299 g/mol. The number of hydrogen-bond acceptors (Lipinski definition) is 3. The van der Waals surface area contributed by atoms with Crippen LogP contribution in [0.5, 0.6) is 0 Å². The lowest BCUT2D eigenvalue weighted by Crippen LogP contribution is -2.35. The molecule has 0 aromatic heterocycles. The monoisotopic (exact) mass is 314 g/mol. The highest BCUT2D eigenvalue weighted by Crippen LogP contribution is 2.18. The summed E-state index contributed by atoms with van der Waals surface area (Å²) >= 11 is 5.76. The molecule has 0 fully saturated rings. The van der Waals surface area contributed by atoms with Gasteiger partial charge in [0.25, 0.3) is 5.91 Å². The zero-order valence-corrected chi connectivity index (χ0v) is 12.3. The maximum Gasteiger partial charge on any atom is 0.255 e. The van der Waals surface area contributed by atoms with E-state index in [0.717, 1.165) is 6.07 Å². The molecule has 1 aromatic carbocycles. The molecule has 0 bridgehead atoms. The molecule has 7 heteroatoms. The highest BCUT2D eigenvalue weighted by atomic mass is 35.5. The Balaban J connectivity index is 2.34. The number of Topliss-reactive ketones (excluding diaryl/α,β-unsaturated/α-hetero) is 1. The van der Waals surface area contributed by atoms with Crippen molar-refractivity contribution in [1.82, 2.24) is 10.6 Å². The Bertz CT molecular complexity index is 529. The average Bonchev–Trinajstić information content (AvgIpc) is 2.41. The number of carbonyl (C=O) groups is 3. The van der Waals surface area contributed by atoms with Gasteiger partial charge in [-0.05, 0) is 19.1 Å². The van der Waals surface area contributed by atoms with E-state index in [1.165, 1.54) is 19.1 Å². The maximum atomic E-state index is 13.5. The van der Waals surface area contributed by atoms with Crippen molar-refractivity contribution in [2.75, 3.05) is 13.1 Å². The molecule has 0 heterocycles. The first-order chi connectivity index (χ1) is 9.91. The van der Waals surface area contributed by atoms with Gasteiger partial charge < -0.3 is 15.4 Å². The Morgan fingerprint density at radius 2 is 1.81 bits per heavy atom. The van der Waals surface area contributed by atoms with Crippen molar-refractivity contribution in [1.29, 1.82) is 0 Å². The van der Waals surface area contributed by atoms with Gasteiger partial charge in [-0.15, -0.1) is 0 Å². The van der Waals surface area contributed by atoms with E-state index in [9.17, 15) is 18.8 Å². The van der Waals surface area contributed by atoms with Crippen LogP contribution in [0.2, 0.25) is 5.02 Å². The minimum atomic E-state index is -0.703. The van der Waals surface area contributed by atoms with Crippen LogP contribution in [-0.4, -0.2) is 30.7 Å². The van der Waals surface area contributed by atoms with Gasteiger partial charge in [0, 0.05) is 25.9 Å². The van der Waals surface area contributed by atoms with Crippen molar-refractivity contribution in [3.8, 4) is 0 Å². The second-order valence-corrected chi connectivity index (χ2v) is 4.81. The second-order valence-electron chi connectivity index (χ2n) is 4.40. The SMILES string of the molecule is CC(=O)CCC(=O)NCCNC(=O)c1c(F)cccc1Cl. The standard InChI is InChI=1S/C14H16ClFN2O3/c1-9(19)5-6-12(20)17-7-8-18-14(21)13-10(15)3-2-4-11(13)16/h2-4H,5-8H2,1H3,(H,17,20)(H,18,21). The molecule has 2 amide bonds. The molecule has 0 atom stereocenters. The summed E-state index contributed by atoms with van der Waals surface area (Å²) < 4.78 is 13.5. The number of ketones is 1. The van der Waals surface area contributed by atoms with Crippen molar-refractivity contribution in [2.45, 2.75) is 19.8 Å². The summed E-state index contributed by atoms with van der Waals surface area (Å²) in [4.78, 5) is 33.8. The quantitative estimate of drug-likeness (QED) is 0.752. The van der Waals surface area contributed by atoms with E-state index < -0.39 is 11.7 Å². The highest BCUT2D eigenvalue weighted by molar-refractivity contribution is 6.33. The molecule has 21 heavy (non-hydrogen) atoms. The minimum absolute atomic E-state index is 0.0259. The number of carbonyl (C=O) groups excluding carboxylic acids is 3.